The first-order valence-corrected chi connectivity index (χ1v) is 7.33. The Hall–Kier alpha value is -1.02. The van der Waals surface area contributed by atoms with E-state index in [4.69, 9.17) is 5.11 Å². The predicted molar refractivity (Wildman–Crippen MR) is 70.8 cm³/mol. The van der Waals surface area contributed by atoms with Gasteiger partial charge in [0.2, 0.25) is 0 Å². The molecule has 0 aromatic rings. The van der Waals surface area contributed by atoms with Crippen LogP contribution in [0.4, 0.5) is 18.0 Å². The van der Waals surface area contributed by atoms with E-state index in [0.29, 0.717) is 26.1 Å². The third kappa shape index (κ3) is 5.03. The van der Waals surface area contributed by atoms with Gasteiger partial charge in [-0.15, -0.1) is 0 Å². The maximum atomic E-state index is 12.3. The lowest BCUT2D eigenvalue weighted by atomic mass is 9.98. The SMILES string of the molecule is O=C(NC1CCN(CC(F)(F)F)C1)N1CCC(CO)CC1. The van der Waals surface area contributed by atoms with Gasteiger partial charge in [0, 0.05) is 38.8 Å². The van der Waals surface area contributed by atoms with Crippen LogP contribution in [0.5, 0.6) is 0 Å². The number of carbonyl (C=O) groups excluding carboxylic acids is 1. The summed E-state index contributed by atoms with van der Waals surface area (Å²) >= 11 is 0. The largest absolute Gasteiger partial charge is 0.401 e. The molecule has 2 aliphatic heterocycles. The molecule has 0 aromatic carbocycles. The molecule has 1 atom stereocenters. The molecule has 21 heavy (non-hydrogen) atoms. The number of nitrogens with one attached hydrogen (secondary N) is 1. The van der Waals surface area contributed by atoms with Crippen molar-refractivity contribution in [3.63, 3.8) is 0 Å². The summed E-state index contributed by atoms with van der Waals surface area (Å²) in [5.41, 5.74) is 0. The highest BCUT2D eigenvalue weighted by Crippen LogP contribution is 2.20. The summed E-state index contributed by atoms with van der Waals surface area (Å²) in [5, 5.41) is 11.9. The van der Waals surface area contributed by atoms with Gasteiger partial charge in [0.05, 0.1) is 6.54 Å². The number of halogens is 3. The van der Waals surface area contributed by atoms with E-state index in [1.807, 2.05) is 0 Å². The topological polar surface area (TPSA) is 55.8 Å². The molecule has 2 aliphatic rings. The second-order valence-corrected chi connectivity index (χ2v) is 5.90. The molecule has 1 unspecified atom stereocenters. The Balaban J connectivity index is 1.72. The average Bonchev–Trinajstić information content (AvgIpc) is 2.83. The average molecular weight is 309 g/mol. The van der Waals surface area contributed by atoms with Crippen LogP contribution in [-0.2, 0) is 0 Å². The summed E-state index contributed by atoms with van der Waals surface area (Å²) < 4.78 is 36.9. The number of piperidine rings is 1. The fourth-order valence-corrected chi connectivity index (χ4v) is 2.93. The number of hydrogen-bond acceptors (Lipinski definition) is 3. The van der Waals surface area contributed by atoms with Crippen LogP contribution in [0, 0.1) is 5.92 Å². The van der Waals surface area contributed by atoms with Crippen LogP contribution >= 0.6 is 0 Å². The highest BCUT2D eigenvalue weighted by Gasteiger charge is 2.35. The zero-order chi connectivity index (χ0) is 15.5. The van der Waals surface area contributed by atoms with Crippen molar-refractivity contribution in [1.29, 1.82) is 0 Å². The molecule has 0 radical (unpaired) electrons. The monoisotopic (exact) mass is 309 g/mol. The van der Waals surface area contributed by atoms with Crippen molar-refractivity contribution in [3.8, 4) is 0 Å². The number of rotatable bonds is 3. The molecule has 2 saturated heterocycles. The molecule has 0 aliphatic carbocycles. The Morgan fingerprint density at radius 1 is 1.19 bits per heavy atom. The Kier molecular flexibility index (Phi) is 5.32. The van der Waals surface area contributed by atoms with Crippen LogP contribution < -0.4 is 5.32 Å². The first-order chi connectivity index (χ1) is 9.87. The predicted octanol–water partition coefficient (Wildman–Crippen LogP) is 1.04. The van der Waals surface area contributed by atoms with Crippen LogP contribution in [0.3, 0.4) is 0 Å². The minimum atomic E-state index is -4.19. The molecular weight excluding hydrogens is 287 g/mol. The molecule has 0 spiro atoms. The van der Waals surface area contributed by atoms with Gasteiger partial charge in [0.15, 0.2) is 0 Å². The zero-order valence-corrected chi connectivity index (χ0v) is 11.9. The summed E-state index contributed by atoms with van der Waals surface area (Å²) in [6.45, 7) is 1.02. The van der Waals surface area contributed by atoms with Crippen molar-refractivity contribution >= 4 is 6.03 Å². The maximum absolute atomic E-state index is 12.3. The summed E-state index contributed by atoms with van der Waals surface area (Å²) in [7, 11) is 0. The van der Waals surface area contributed by atoms with E-state index in [2.05, 4.69) is 5.32 Å². The van der Waals surface area contributed by atoms with Gasteiger partial charge in [-0.2, -0.15) is 13.2 Å². The van der Waals surface area contributed by atoms with Gasteiger partial charge in [-0.1, -0.05) is 0 Å². The molecule has 0 saturated carbocycles. The summed E-state index contributed by atoms with van der Waals surface area (Å²) in [4.78, 5) is 15.1. The molecule has 2 heterocycles. The highest BCUT2D eigenvalue weighted by molar-refractivity contribution is 5.74. The smallest absolute Gasteiger partial charge is 0.396 e. The van der Waals surface area contributed by atoms with E-state index >= 15 is 0 Å². The van der Waals surface area contributed by atoms with Crippen molar-refractivity contribution in [2.24, 2.45) is 5.92 Å². The van der Waals surface area contributed by atoms with Crippen molar-refractivity contribution in [2.45, 2.75) is 31.5 Å². The molecular formula is C13H22F3N3O2. The van der Waals surface area contributed by atoms with Gasteiger partial charge in [-0.05, 0) is 25.2 Å². The van der Waals surface area contributed by atoms with Crippen LogP contribution in [0.15, 0.2) is 0 Å². The summed E-state index contributed by atoms with van der Waals surface area (Å²) in [5.74, 6) is 0.253. The lowest BCUT2D eigenvalue weighted by Crippen LogP contribution is -2.49. The Bertz CT molecular complexity index is 357. The van der Waals surface area contributed by atoms with Crippen molar-refractivity contribution in [3.05, 3.63) is 0 Å². The van der Waals surface area contributed by atoms with Crippen molar-refractivity contribution in [1.82, 2.24) is 15.1 Å². The number of hydrogen-bond donors (Lipinski definition) is 2. The van der Waals surface area contributed by atoms with Gasteiger partial charge in [-0.3, -0.25) is 4.90 Å². The Morgan fingerprint density at radius 3 is 2.43 bits per heavy atom. The van der Waals surface area contributed by atoms with Crippen LogP contribution in [0.1, 0.15) is 19.3 Å². The molecule has 2 N–H and O–H groups in total. The molecule has 122 valence electrons. The van der Waals surface area contributed by atoms with Crippen LogP contribution in [-0.4, -0.2) is 72.5 Å². The second kappa shape index (κ2) is 6.83. The number of likely N-dealkylation sites (tertiary alicyclic amines) is 2. The minimum Gasteiger partial charge on any atom is -0.396 e. The summed E-state index contributed by atoms with van der Waals surface area (Å²) in [6.07, 6.45) is -2.09. The third-order valence-corrected chi connectivity index (χ3v) is 4.16. The first kappa shape index (κ1) is 16.4. The number of carbonyl (C=O) groups is 1. The standard InChI is InChI=1S/C13H22F3N3O2/c14-13(15,16)9-18-4-3-11(7-18)17-12(21)19-5-1-10(8-20)2-6-19/h10-11,20H,1-9H2,(H,17,21). The fraction of sp³-hybridized carbons (Fsp3) is 0.923. The van der Waals surface area contributed by atoms with E-state index in [9.17, 15) is 18.0 Å². The normalized spacial score (nSPS) is 25.3. The number of nitrogens with zero attached hydrogens (tertiary/aromatic N) is 2. The molecule has 8 heteroatoms. The number of urea groups is 1. The van der Waals surface area contributed by atoms with Gasteiger partial charge in [0.25, 0.3) is 0 Å². The van der Waals surface area contributed by atoms with E-state index in [0.717, 1.165) is 12.8 Å². The number of aliphatic hydroxyl groups is 1. The lowest BCUT2D eigenvalue weighted by molar-refractivity contribution is -0.143. The van der Waals surface area contributed by atoms with E-state index in [-0.39, 0.29) is 31.1 Å². The molecule has 2 amide bonds. The minimum absolute atomic E-state index is 0.143. The molecule has 2 rings (SSSR count). The van der Waals surface area contributed by atoms with Gasteiger partial charge >= 0.3 is 12.2 Å². The van der Waals surface area contributed by atoms with Gasteiger partial charge in [0.1, 0.15) is 0 Å². The van der Waals surface area contributed by atoms with E-state index in [1.165, 1.54) is 4.90 Å². The molecule has 0 bridgehead atoms. The first-order valence-electron chi connectivity index (χ1n) is 7.33. The Labute approximate surface area is 122 Å². The third-order valence-electron chi connectivity index (χ3n) is 4.16. The second-order valence-electron chi connectivity index (χ2n) is 5.90. The number of amides is 2. The van der Waals surface area contributed by atoms with E-state index < -0.39 is 12.7 Å². The number of aliphatic hydroxyl groups excluding tert-OH is 1. The number of alkyl halides is 3. The molecule has 0 aromatic heterocycles. The molecule has 2 fully saturated rings. The van der Waals surface area contributed by atoms with Crippen molar-refractivity contribution < 1.29 is 23.1 Å². The van der Waals surface area contributed by atoms with Crippen molar-refractivity contribution in [2.75, 3.05) is 39.3 Å². The maximum Gasteiger partial charge on any atom is 0.401 e. The van der Waals surface area contributed by atoms with E-state index in [1.54, 1.807) is 4.90 Å². The fourth-order valence-electron chi connectivity index (χ4n) is 2.93. The van der Waals surface area contributed by atoms with Gasteiger partial charge in [-0.25, -0.2) is 4.79 Å². The van der Waals surface area contributed by atoms with Crippen LogP contribution in [0.25, 0.3) is 0 Å². The highest BCUT2D eigenvalue weighted by atomic mass is 19.4. The quantitative estimate of drug-likeness (QED) is 0.819. The van der Waals surface area contributed by atoms with Gasteiger partial charge < -0.3 is 15.3 Å². The lowest BCUT2D eigenvalue weighted by Gasteiger charge is -2.32. The zero-order valence-electron chi connectivity index (χ0n) is 11.9. The summed E-state index contributed by atoms with van der Waals surface area (Å²) in [6, 6.07) is -0.416. The molecule has 5 nitrogen and oxygen atoms in total. The Morgan fingerprint density at radius 2 is 1.86 bits per heavy atom. The van der Waals surface area contributed by atoms with Crippen LogP contribution in [0.2, 0.25) is 0 Å².